The van der Waals surface area contributed by atoms with E-state index in [1.165, 1.54) is 24.3 Å². The number of piperidine rings is 1. The SMILES string of the molecule is CN1CC[C@]23c4c5ccc(O)c4O[C@@]2(C)C(=O)C=C[C@@]3(NC(=O)/C=C/c2ccc([N+](=O)[O-])cc2)[C@H]1C5. The molecule has 1 spiro atoms. The lowest BCUT2D eigenvalue weighted by molar-refractivity contribution is -0.384. The van der Waals surface area contributed by atoms with Gasteiger partial charge in [-0.25, -0.2) is 0 Å². The predicted molar refractivity (Wildman–Crippen MR) is 131 cm³/mol. The number of hydrogen-bond donors (Lipinski definition) is 2. The maximum Gasteiger partial charge on any atom is 0.269 e. The molecule has 1 amide bonds. The third-order valence-electron chi connectivity index (χ3n) is 8.62. The second-order valence-corrected chi connectivity index (χ2v) is 10.2. The molecule has 4 atom stereocenters. The number of nitrogens with zero attached hydrogens (tertiary/aromatic N) is 2. The van der Waals surface area contributed by atoms with Gasteiger partial charge in [-0.3, -0.25) is 19.7 Å². The Bertz CT molecular complexity index is 1400. The summed E-state index contributed by atoms with van der Waals surface area (Å²) in [7, 11) is 2.02. The van der Waals surface area contributed by atoms with Crippen molar-refractivity contribution in [3.05, 3.63) is 81.4 Å². The third-order valence-corrected chi connectivity index (χ3v) is 8.62. The van der Waals surface area contributed by atoms with Crippen molar-refractivity contribution in [3.8, 4) is 11.5 Å². The quantitative estimate of drug-likeness (QED) is 0.386. The van der Waals surface area contributed by atoms with E-state index in [9.17, 15) is 24.8 Å². The normalized spacial score (nSPS) is 31.7. The summed E-state index contributed by atoms with van der Waals surface area (Å²) in [6.45, 7) is 2.47. The molecular formula is C27H25N3O6. The maximum atomic E-state index is 13.4. The van der Waals surface area contributed by atoms with Crippen LogP contribution < -0.4 is 10.1 Å². The number of nitro groups is 1. The van der Waals surface area contributed by atoms with Crippen molar-refractivity contribution in [2.24, 2.45) is 0 Å². The Morgan fingerprint density at radius 2 is 2.03 bits per heavy atom. The van der Waals surface area contributed by atoms with Gasteiger partial charge in [0.2, 0.25) is 5.91 Å². The number of likely N-dealkylation sites (N-methyl/N-ethyl adjacent to an activating group) is 1. The molecule has 2 aromatic carbocycles. The molecule has 9 heteroatoms. The number of hydrogen-bond acceptors (Lipinski definition) is 7. The van der Waals surface area contributed by atoms with Crippen LogP contribution in [0.15, 0.2) is 54.6 Å². The van der Waals surface area contributed by atoms with Gasteiger partial charge in [0.25, 0.3) is 5.69 Å². The van der Waals surface area contributed by atoms with Crippen molar-refractivity contribution in [2.75, 3.05) is 13.6 Å². The topological polar surface area (TPSA) is 122 Å². The Kier molecular flexibility index (Phi) is 4.54. The largest absolute Gasteiger partial charge is 0.504 e. The molecule has 9 nitrogen and oxygen atoms in total. The van der Waals surface area contributed by atoms with Gasteiger partial charge in [-0.1, -0.05) is 12.1 Å². The molecule has 2 N–H and O–H groups in total. The van der Waals surface area contributed by atoms with E-state index < -0.39 is 21.5 Å². The number of ketones is 1. The molecule has 0 unspecified atom stereocenters. The first kappa shape index (κ1) is 22.5. The van der Waals surface area contributed by atoms with Crippen molar-refractivity contribution in [1.29, 1.82) is 0 Å². The zero-order valence-corrected chi connectivity index (χ0v) is 19.9. The van der Waals surface area contributed by atoms with Gasteiger partial charge in [0.15, 0.2) is 22.9 Å². The van der Waals surface area contributed by atoms with Gasteiger partial charge >= 0.3 is 0 Å². The first-order valence-corrected chi connectivity index (χ1v) is 11.9. The first-order chi connectivity index (χ1) is 17.1. The van der Waals surface area contributed by atoms with Crippen LogP contribution in [-0.2, 0) is 21.4 Å². The van der Waals surface area contributed by atoms with Gasteiger partial charge in [-0.05, 0) is 74.8 Å². The van der Waals surface area contributed by atoms with E-state index >= 15 is 0 Å². The number of phenols is 1. The van der Waals surface area contributed by atoms with Gasteiger partial charge in [-0.2, -0.15) is 0 Å². The van der Waals surface area contributed by atoms with E-state index in [2.05, 4.69) is 10.2 Å². The fourth-order valence-electron chi connectivity index (χ4n) is 6.95. The molecule has 1 saturated heterocycles. The van der Waals surface area contributed by atoms with E-state index in [0.29, 0.717) is 30.7 Å². The molecule has 6 rings (SSSR count). The summed E-state index contributed by atoms with van der Waals surface area (Å²) in [6.07, 6.45) is 7.49. The van der Waals surface area contributed by atoms with Crippen LogP contribution >= 0.6 is 0 Å². The van der Waals surface area contributed by atoms with Crippen LogP contribution in [0.3, 0.4) is 0 Å². The summed E-state index contributed by atoms with van der Waals surface area (Å²) in [5.74, 6) is -0.232. The van der Waals surface area contributed by atoms with Gasteiger partial charge in [0.1, 0.15) is 0 Å². The summed E-state index contributed by atoms with van der Waals surface area (Å²) >= 11 is 0. The monoisotopic (exact) mass is 487 g/mol. The summed E-state index contributed by atoms with van der Waals surface area (Å²) < 4.78 is 6.32. The number of nitrogens with one attached hydrogen (secondary N) is 1. The molecule has 2 aromatic rings. The van der Waals surface area contributed by atoms with E-state index in [-0.39, 0.29) is 29.2 Å². The average molecular weight is 488 g/mol. The molecule has 0 aromatic heterocycles. The Morgan fingerprint density at radius 1 is 1.28 bits per heavy atom. The lowest BCUT2D eigenvalue weighted by Gasteiger charge is -2.65. The van der Waals surface area contributed by atoms with E-state index in [4.69, 9.17) is 4.74 Å². The van der Waals surface area contributed by atoms with Crippen molar-refractivity contribution in [1.82, 2.24) is 10.2 Å². The minimum atomic E-state index is -1.28. The number of carbonyl (C=O) groups is 2. The number of phenolic OH excluding ortho intramolecular Hbond substituents is 1. The fraction of sp³-hybridized carbons (Fsp3) is 0.333. The summed E-state index contributed by atoms with van der Waals surface area (Å²) in [5, 5.41) is 24.8. The van der Waals surface area contributed by atoms with Gasteiger partial charge in [-0.15, -0.1) is 0 Å². The lowest BCUT2D eigenvalue weighted by Crippen LogP contribution is -2.82. The summed E-state index contributed by atoms with van der Waals surface area (Å²) in [6, 6.07) is 9.29. The average Bonchev–Trinajstić information content (AvgIpc) is 3.14. The zero-order chi connectivity index (χ0) is 25.5. The Balaban J connectivity index is 1.45. The first-order valence-electron chi connectivity index (χ1n) is 11.9. The molecule has 0 radical (unpaired) electrons. The number of benzene rings is 2. The van der Waals surface area contributed by atoms with Crippen LogP contribution in [0, 0.1) is 10.1 Å². The van der Waals surface area contributed by atoms with E-state index in [1.54, 1.807) is 31.2 Å². The summed E-state index contributed by atoms with van der Waals surface area (Å²) in [4.78, 5) is 39.4. The zero-order valence-electron chi connectivity index (χ0n) is 19.9. The van der Waals surface area contributed by atoms with Crippen molar-refractivity contribution < 1.29 is 24.4 Å². The molecule has 184 valence electrons. The molecule has 4 aliphatic rings. The minimum Gasteiger partial charge on any atom is -0.504 e. The van der Waals surface area contributed by atoms with Gasteiger partial charge in [0, 0.05) is 29.8 Å². The number of ether oxygens (including phenoxy) is 1. The number of amides is 1. The van der Waals surface area contributed by atoms with Crippen LogP contribution in [0.25, 0.3) is 6.08 Å². The Morgan fingerprint density at radius 3 is 2.75 bits per heavy atom. The maximum absolute atomic E-state index is 13.4. The van der Waals surface area contributed by atoms with Crippen LogP contribution in [0.5, 0.6) is 11.5 Å². The Hall–Kier alpha value is -3.98. The molecule has 0 saturated carbocycles. The number of non-ortho nitro benzene ring substituents is 1. The van der Waals surface area contributed by atoms with Crippen molar-refractivity contribution in [3.63, 3.8) is 0 Å². The molecule has 2 bridgehead atoms. The molecule has 2 aliphatic carbocycles. The third kappa shape index (κ3) is 2.63. The van der Waals surface area contributed by atoms with Gasteiger partial charge < -0.3 is 20.1 Å². The summed E-state index contributed by atoms with van der Waals surface area (Å²) in [5.41, 5.74) is -0.680. The van der Waals surface area contributed by atoms with Crippen molar-refractivity contribution in [2.45, 2.75) is 42.4 Å². The molecular weight excluding hydrogens is 462 g/mol. The van der Waals surface area contributed by atoms with Crippen LogP contribution in [-0.4, -0.2) is 57.4 Å². The molecule has 36 heavy (non-hydrogen) atoms. The number of nitro benzene ring substituents is 1. The van der Waals surface area contributed by atoms with Crippen molar-refractivity contribution >= 4 is 23.5 Å². The minimum absolute atomic E-state index is 0.0118. The molecule has 2 aliphatic heterocycles. The highest BCUT2D eigenvalue weighted by molar-refractivity contribution is 6.03. The second kappa shape index (κ2) is 7.27. The fourth-order valence-corrected chi connectivity index (χ4v) is 6.95. The van der Waals surface area contributed by atoms with E-state index in [0.717, 1.165) is 11.1 Å². The Labute approximate surface area is 207 Å². The lowest BCUT2D eigenvalue weighted by atomic mass is 9.45. The predicted octanol–water partition coefficient (Wildman–Crippen LogP) is 2.66. The number of aromatic hydroxyl groups is 1. The standard InChI is InChI=1S/C27H25N3O6/c1-25-21(32)11-12-27(28-22(33)10-5-16-3-7-18(8-4-16)30(34)35)20-15-17-6-9-19(31)24(36-25)23(17)26(25,27)13-14-29(20)2/h3-12,20,31H,13-15H2,1-2H3,(H,28,33)/b10-5+/t20-,25+,26+,27-/m1/s1. The highest BCUT2D eigenvalue weighted by Gasteiger charge is 2.77. The number of rotatable bonds is 4. The van der Waals surface area contributed by atoms with Crippen LogP contribution in [0.1, 0.15) is 30.0 Å². The second-order valence-electron chi connectivity index (χ2n) is 10.2. The molecule has 1 fully saturated rings. The van der Waals surface area contributed by atoms with Crippen LogP contribution in [0.2, 0.25) is 0 Å². The number of carbonyl (C=O) groups excluding carboxylic acids is 2. The van der Waals surface area contributed by atoms with Crippen LogP contribution in [0.4, 0.5) is 5.69 Å². The smallest absolute Gasteiger partial charge is 0.269 e. The van der Waals surface area contributed by atoms with Gasteiger partial charge in [0.05, 0.1) is 15.9 Å². The highest BCUT2D eigenvalue weighted by atomic mass is 16.6. The molecule has 2 heterocycles. The van der Waals surface area contributed by atoms with E-state index in [1.807, 2.05) is 19.2 Å². The highest BCUT2D eigenvalue weighted by Crippen LogP contribution is 2.67. The number of likely N-dealkylation sites (tertiary alicyclic amines) is 1.